The fourth-order valence-electron chi connectivity index (χ4n) is 4.64. The fourth-order valence-corrected chi connectivity index (χ4v) is 4.64. The van der Waals surface area contributed by atoms with Crippen LogP contribution in [-0.4, -0.2) is 12.1 Å². The van der Waals surface area contributed by atoms with Gasteiger partial charge in [0.15, 0.2) is 0 Å². The molecule has 0 amide bonds. The summed E-state index contributed by atoms with van der Waals surface area (Å²) in [6.07, 6.45) is 6.01. The lowest BCUT2D eigenvalue weighted by Crippen LogP contribution is -2.41. The van der Waals surface area contributed by atoms with Gasteiger partial charge in [0, 0.05) is 12.1 Å². The Hall–Kier alpha value is -1.77. The van der Waals surface area contributed by atoms with Crippen LogP contribution in [0.1, 0.15) is 64.5 Å². The summed E-state index contributed by atoms with van der Waals surface area (Å²) < 4.78 is 13.6. The van der Waals surface area contributed by atoms with Crippen LogP contribution in [0.4, 0.5) is 4.39 Å². The molecule has 1 aromatic carbocycles. The number of benzene rings is 1. The molecule has 1 aromatic rings. The maximum absolute atomic E-state index is 13.6. The summed E-state index contributed by atoms with van der Waals surface area (Å²) >= 11 is 0. The van der Waals surface area contributed by atoms with E-state index >= 15 is 0 Å². The van der Waals surface area contributed by atoms with Gasteiger partial charge in [0.25, 0.3) is 0 Å². The van der Waals surface area contributed by atoms with Crippen molar-refractivity contribution in [3.63, 3.8) is 0 Å². The Labute approximate surface area is 158 Å². The first-order chi connectivity index (χ1) is 12.3. The highest BCUT2D eigenvalue weighted by Crippen LogP contribution is 2.35. The molecule has 3 rings (SSSR count). The Morgan fingerprint density at radius 3 is 2.73 bits per heavy atom. The van der Waals surface area contributed by atoms with Gasteiger partial charge in [0.2, 0.25) is 0 Å². The van der Waals surface area contributed by atoms with Gasteiger partial charge in [0.05, 0.1) is 5.82 Å². The van der Waals surface area contributed by atoms with Gasteiger partial charge < -0.3 is 10.6 Å². The molecule has 2 aliphatic rings. The second-order valence-electron chi connectivity index (χ2n) is 8.49. The smallest absolute Gasteiger partial charge is 0.123 e. The Balaban J connectivity index is 1.58. The first kappa shape index (κ1) is 19.0. The molecule has 2 nitrogen and oxygen atoms in total. The predicted octanol–water partition coefficient (Wildman–Crippen LogP) is 5.41. The molecule has 0 heterocycles. The quantitative estimate of drug-likeness (QED) is 0.712. The average molecular weight is 357 g/mol. The van der Waals surface area contributed by atoms with Crippen molar-refractivity contribution >= 4 is 5.57 Å². The molecular weight excluding hydrogens is 323 g/mol. The molecule has 0 spiro atoms. The Morgan fingerprint density at radius 2 is 2.00 bits per heavy atom. The van der Waals surface area contributed by atoms with Crippen LogP contribution in [0.15, 0.2) is 36.2 Å². The van der Waals surface area contributed by atoms with E-state index in [1.807, 2.05) is 6.07 Å². The zero-order chi connectivity index (χ0) is 18.8. The third-order valence-corrected chi connectivity index (χ3v) is 6.29. The maximum Gasteiger partial charge on any atom is 0.123 e. The summed E-state index contributed by atoms with van der Waals surface area (Å²) in [4.78, 5) is 0. The molecule has 1 saturated carbocycles. The molecule has 0 aliphatic heterocycles. The van der Waals surface area contributed by atoms with Crippen molar-refractivity contribution in [2.45, 2.75) is 71.9 Å². The molecule has 0 radical (unpaired) electrons. The highest BCUT2D eigenvalue weighted by molar-refractivity contribution is 5.75. The van der Waals surface area contributed by atoms with E-state index in [1.165, 1.54) is 42.4 Å². The summed E-state index contributed by atoms with van der Waals surface area (Å²) in [5.41, 5.74) is 4.81. The Morgan fingerprint density at radius 1 is 1.23 bits per heavy atom. The molecule has 2 N–H and O–H groups in total. The molecule has 142 valence electrons. The highest BCUT2D eigenvalue weighted by atomic mass is 19.1. The van der Waals surface area contributed by atoms with Gasteiger partial charge in [-0.05, 0) is 79.4 Å². The number of hydrogen-bond acceptors (Lipinski definition) is 2. The van der Waals surface area contributed by atoms with Gasteiger partial charge in [-0.3, -0.25) is 0 Å². The van der Waals surface area contributed by atoms with Crippen molar-refractivity contribution in [3.8, 4) is 0 Å². The summed E-state index contributed by atoms with van der Waals surface area (Å²) in [5.74, 6) is 2.32. The number of nitrogens with one attached hydrogen (secondary N) is 2. The summed E-state index contributed by atoms with van der Waals surface area (Å²) in [6, 6.07) is 5.84. The number of halogens is 1. The molecule has 3 atom stereocenters. The van der Waals surface area contributed by atoms with Gasteiger partial charge in [-0.1, -0.05) is 39.3 Å². The van der Waals surface area contributed by atoms with E-state index in [0.29, 0.717) is 6.04 Å². The standard InChI is InChI=1S/C23H33FN2/c1-14(2)18-7-6-8-21(11-18)26-17(5)25-16(4)22-12-19-9-10-20(24)13-23(19)15(22)3/h9-10,13-14,16,18,21,25-26H,5-8,11-12H2,1-4H3/t16-,18?,21?/m0/s1. The molecule has 2 unspecified atom stereocenters. The van der Waals surface area contributed by atoms with Gasteiger partial charge in [0.1, 0.15) is 5.82 Å². The van der Waals surface area contributed by atoms with Crippen molar-refractivity contribution in [1.29, 1.82) is 0 Å². The zero-order valence-electron chi connectivity index (χ0n) is 16.7. The zero-order valence-corrected chi connectivity index (χ0v) is 16.7. The number of fused-ring (bicyclic) bond motifs is 1. The van der Waals surface area contributed by atoms with E-state index in [2.05, 4.69) is 44.9 Å². The van der Waals surface area contributed by atoms with Crippen molar-refractivity contribution in [2.24, 2.45) is 11.8 Å². The molecule has 0 saturated heterocycles. The van der Waals surface area contributed by atoms with Crippen LogP contribution in [0.3, 0.4) is 0 Å². The minimum atomic E-state index is -0.159. The van der Waals surface area contributed by atoms with Crippen LogP contribution in [0, 0.1) is 17.7 Å². The minimum Gasteiger partial charge on any atom is -0.370 e. The summed E-state index contributed by atoms with van der Waals surface area (Å²) in [7, 11) is 0. The minimum absolute atomic E-state index is 0.159. The third-order valence-electron chi connectivity index (χ3n) is 6.29. The normalized spacial score (nSPS) is 23.8. The van der Waals surface area contributed by atoms with Crippen LogP contribution in [0.25, 0.3) is 5.57 Å². The molecule has 0 aromatic heterocycles. The third kappa shape index (κ3) is 4.13. The topological polar surface area (TPSA) is 24.1 Å². The molecule has 3 heteroatoms. The van der Waals surface area contributed by atoms with Crippen LogP contribution < -0.4 is 10.6 Å². The predicted molar refractivity (Wildman–Crippen MR) is 108 cm³/mol. The van der Waals surface area contributed by atoms with E-state index in [-0.39, 0.29) is 11.9 Å². The average Bonchev–Trinajstić information content (AvgIpc) is 2.91. The Bertz CT molecular complexity index is 704. The molecular formula is C23H33FN2. The van der Waals surface area contributed by atoms with Crippen molar-refractivity contribution in [1.82, 2.24) is 10.6 Å². The molecule has 2 aliphatic carbocycles. The lowest BCUT2D eigenvalue weighted by molar-refractivity contribution is 0.237. The van der Waals surface area contributed by atoms with E-state index < -0.39 is 0 Å². The lowest BCUT2D eigenvalue weighted by atomic mass is 9.79. The second-order valence-corrected chi connectivity index (χ2v) is 8.49. The second kappa shape index (κ2) is 7.85. The first-order valence-corrected chi connectivity index (χ1v) is 10.1. The highest BCUT2D eigenvalue weighted by Gasteiger charge is 2.26. The van der Waals surface area contributed by atoms with E-state index in [0.717, 1.165) is 29.6 Å². The van der Waals surface area contributed by atoms with E-state index in [9.17, 15) is 4.39 Å². The fraction of sp³-hybridized carbons (Fsp3) is 0.565. The van der Waals surface area contributed by atoms with Crippen LogP contribution in [-0.2, 0) is 6.42 Å². The van der Waals surface area contributed by atoms with Crippen molar-refractivity contribution in [3.05, 3.63) is 53.1 Å². The largest absolute Gasteiger partial charge is 0.370 e. The summed E-state index contributed by atoms with van der Waals surface area (Å²) in [6.45, 7) is 13.1. The van der Waals surface area contributed by atoms with Gasteiger partial charge >= 0.3 is 0 Å². The number of allylic oxidation sites excluding steroid dienone is 1. The van der Waals surface area contributed by atoms with Crippen molar-refractivity contribution < 1.29 is 4.39 Å². The van der Waals surface area contributed by atoms with Gasteiger partial charge in [-0.2, -0.15) is 0 Å². The van der Waals surface area contributed by atoms with Crippen LogP contribution >= 0.6 is 0 Å². The lowest BCUT2D eigenvalue weighted by Gasteiger charge is -2.34. The molecule has 0 bridgehead atoms. The van der Waals surface area contributed by atoms with Gasteiger partial charge in [-0.25, -0.2) is 4.39 Å². The van der Waals surface area contributed by atoms with E-state index in [4.69, 9.17) is 0 Å². The van der Waals surface area contributed by atoms with Gasteiger partial charge in [-0.15, -0.1) is 0 Å². The molecule has 1 fully saturated rings. The first-order valence-electron chi connectivity index (χ1n) is 10.1. The number of rotatable bonds is 6. The molecule has 26 heavy (non-hydrogen) atoms. The maximum atomic E-state index is 13.6. The monoisotopic (exact) mass is 356 g/mol. The summed E-state index contributed by atoms with van der Waals surface area (Å²) in [5, 5.41) is 7.15. The Kier molecular flexibility index (Phi) is 5.74. The van der Waals surface area contributed by atoms with E-state index in [1.54, 1.807) is 12.1 Å². The SMILES string of the molecule is C=C(NC1CCCC(C(C)C)C1)N[C@@H](C)C1=C(C)c2cc(F)ccc2C1. The van der Waals surface area contributed by atoms with Crippen LogP contribution in [0.5, 0.6) is 0 Å². The number of hydrogen-bond donors (Lipinski definition) is 2. The van der Waals surface area contributed by atoms with Crippen molar-refractivity contribution in [2.75, 3.05) is 0 Å². The van der Waals surface area contributed by atoms with Crippen LogP contribution in [0.2, 0.25) is 0 Å².